The predicted molar refractivity (Wildman–Crippen MR) is 103 cm³/mol. The maximum atomic E-state index is 12.5. The molecule has 0 saturated carbocycles. The Morgan fingerprint density at radius 3 is 2.79 bits per heavy atom. The van der Waals surface area contributed by atoms with Gasteiger partial charge in [-0.3, -0.25) is 14.9 Å². The van der Waals surface area contributed by atoms with Crippen LogP contribution >= 0.6 is 11.8 Å². The van der Waals surface area contributed by atoms with Crippen LogP contribution in [0.1, 0.15) is 5.56 Å². The second-order valence-electron chi connectivity index (χ2n) is 6.12. The number of pyridine rings is 1. The van der Waals surface area contributed by atoms with E-state index >= 15 is 0 Å². The molecule has 3 rings (SSSR count). The highest BCUT2D eigenvalue weighted by molar-refractivity contribution is 7.99. The van der Waals surface area contributed by atoms with Gasteiger partial charge in [0.2, 0.25) is 11.8 Å². The van der Waals surface area contributed by atoms with Crippen LogP contribution in [0.5, 0.6) is 11.6 Å². The number of nitrogens with zero attached hydrogens (tertiary/aromatic N) is 4. The fourth-order valence-corrected chi connectivity index (χ4v) is 3.76. The highest BCUT2D eigenvalue weighted by atomic mass is 32.2. The lowest BCUT2D eigenvalue weighted by atomic mass is 10.1. The molecule has 2 aromatic rings. The first-order chi connectivity index (χ1) is 13.5. The van der Waals surface area contributed by atoms with Gasteiger partial charge in [-0.25, -0.2) is 4.98 Å². The molecule has 1 aliphatic rings. The first-order valence-electron chi connectivity index (χ1n) is 8.38. The van der Waals surface area contributed by atoms with Crippen LogP contribution in [-0.4, -0.2) is 44.4 Å². The van der Waals surface area contributed by atoms with Gasteiger partial charge in [0.15, 0.2) is 0 Å². The number of ether oxygens (including phenoxy) is 1. The molecule has 9 nitrogen and oxygen atoms in total. The van der Waals surface area contributed by atoms with Gasteiger partial charge in [0.1, 0.15) is 18.0 Å². The van der Waals surface area contributed by atoms with Crippen molar-refractivity contribution in [1.82, 2.24) is 9.88 Å². The van der Waals surface area contributed by atoms with Crippen LogP contribution in [0.3, 0.4) is 0 Å². The van der Waals surface area contributed by atoms with Crippen molar-refractivity contribution in [2.45, 2.75) is 18.5 Å². The zero-order chi connectivity index (χ0) is 20.1. The molecule has 0 radical (unpaired) electrons. The lowest BCUT2D eigenvalue weighted by Crippen LogP contribution is -2.47. The van der Waals surface area contributed by atoms with E-state index in [0.717, 1.165) is 11.8 Å². The molecule has 1 aromatic carbocycles. The zero-order valence-corrected chi connectivity index (χ0v) is 15.5. The molecule has 144 valence electrons. The van der Waals surface area contributed by atoms with E-state index in [1.54, 1.807) is 24.3 Å². The molecular weight excluding hydrogens is 382 g/mol. The lowest BCUT2D eigenvalue weighted by Gasteiger charge is -2.22. The molecule has 0 bridgehead atoms. The number of nitrogens with two attached hydrogens (primary N) is 1. The molecule has 0 spiro atoms. The zero-order valence-electron chi connectivity index (χ0n) is 14.7. The second-order valence-corrected chi connectivity index (χ2v) is 7.12. The summed E-state index contributed by atoms with van der Waals surface area (Å²) >= 11 is 1.54. The number of rotatable bonds is 6. The standard InChI is InChI=1S/C18H17N5O4S/c19-8-14-10-28-11-22(14)18(24)16(20)7-12-1-4-15(5-2-12)27-17-6-3-13(9-21-17)23(25)26/h1-6,9,14,16H,7,10-11,20H2/t14-,16?/m1/s1. The highest BCUT2D eigenvalue weighted by Gasteiger charge is 2.32. The van der Waals surface area contributed by atoms with E-state index in [0.29, 0.717) is 23.8 Å². The third-order valence-electron chi connectivity index (χ3n) is 4.16. The second kappa shape index (κ2) is 8.69. The molecule has 2 heterocycles. The van der Waals surface area contributed by atoms with E-state index in [2.05, 4.69) is 11.1 Å². The van der Waals surface area contributed by atoms with Gasteiger partial charge >= 0.3 is 0 Å². The van der Waals surface area contributed by atoms with Crippen molar-refractivity contribution in [2.24, 2.45) is 5.73 Å². The highest BCUT2D eigenvalue weighted by Crippen LogP contribution is 2.23. The number of hydrogen-bond acceptors (Lipinski definition) is 8. The molecule has 1 fully saturated rings. The van der Waals surface area contributed by atoms with Gasteiger partial charge in [0.25, 0.3) is 5.69 Å². The molecule has 1 unspecified atom stereocenters. The molecular formula is C18H17N5O4S. The van der Waals surface area contributed by atoms with Crippen LogP contribution in [0.25, 0.3) is 0 Å². The SMILES string of the molecule is N#C[C@@H]1CSCN1C(=O)C(N)Cc1ccc(Oc2ccc([N+](=O)[O-])cn2)cc1. The number of benzene rings is 1. The Kier molecular flexibility index (Phi) is 6.08. The molecule has 28 heavy (non-hydrogen) atoms. The van der Waals surface area contributed by atoms with Crippen LogP contribution < -0.4 is 10.5 Å². The van der Waals surface area contributed by atoms with Crippen molar-refractivity contribution in [3.63, 3.8) is 0 Å². The molecule has 10 heteroatoms. The van der Waals surface area contributed by atoms with Crippen molar-refractivity contribution in [3.05, 3.63) is 58.3 Å². The number of amides is 1. The first kappa shape index (κ1) is 19.6. The molecule has 1 amide bonds. The van der Waals surface area contributed by atoms with Gasteiger partial charge in [-0.15, -0.1) is 11.8 Å². The van der Waals surface area contributed by atoms with Crippen molar-refractivity contribution < 1.29 is 14.5 Å². The summed E-state index contributed by atoms with van der Waals surface area (Å²) in [6.07, 6.45) is 1.47. The van der Waals surface area contributed by atoms with E-state index in [1.807, 2.05) is 0 Å². The summed E-state index contributed by atoms with van der Waals surface area (Å²) in [5.41, 5.74) is 6.78. The van der Waals surface area contributed by atoms with Crippen LogP contribution in [0, 0.1) is 21.4 Å². The number of nitriles is 1. The lowest BCUT2D eigenvalue weighted by molar-refractivity contribution is -0.385. The Labute approximate surface area is 165 Å². The number of thioether (sulfide) groups is 1. The molecule has 1 aromatic heterocycles. The van der Waals surface area contributed by atoms with Crippen LogP contribution in [-0.2, 0) is 11.2 Å². The number of carbonyl (C=O) groups excluding carboxylic acids is 1. The minimum absolute atomic E-state index is 0.114. The summed E-state index contributed by atoms with van der Waals surface area (Å²) < 4.78 is 5.55. The van der Waals surface area contributed by atoms with Crippen LogP contribution in [0.2, 0.25) is 0 Å². The Balaban J connectivity index is 1.58. The minimum atomic E-state index is -0.724. The number of aromatic nitrogens is 1. The summed E-state index contributed by atoms with van der Waals surface area (Å²) in [5, 5.41) is 19.7. The van der Waals surface area contributed by atoms with Crippen LogP contribution in [0.4, 0.5) is 5.69 Å². The van der Waals surface area contributed by atoms with Gasteiger partial charge in [0, 0.05) is 17.9 Å². The number of hydrogen-bond donors (Lipinski definition) is 1. The first-order valence-corrected chi connectivity index (χ1v) is 9.54. The Bertz CT molecular complexity index is 898. The van der Waals surface area contributed by atoms with Crippen molar-refractivity contribution in [2.75, 3.05) is 11.6 Å². The molecule has 1 saturated heterocycles. The summed E-state index contributed by atoms with van der Waals surface area (Å²) in [5.74, 6) is 1.61. The van der Waals surface area contributed by atoms with Gasteiger partial charge in [-0.1, -0.05) is 12.1 Å². The van der Waals surface area contributed by atoms with Crippen molar-refractivity contribution in [1.29, 1.82) is 5.26 Å². The van der Waals surface area contributed by atoms with E-state index in [1.165, 1.54) is 28.8 Å². The largest absolute Gasteiger partial charge is 0.439 e. The van der Waals surface area contributed by atoms with E-state index < -0.39 is 17.0 Å². The molecule has 2 N–H and O–H groups in total. The molecule has 0 aliphatic carbocycles. The van der Waals surface area contributed by atoms with Gasteiger partial charge in [-0.2, -0.15) is 5.26 Å². The van der Waals surface area contributed by atoms with Crippen LogP contribution in [0.15, 0.2) is 42.6 Å². The van der Waals surface area contributed by atoms with Crippen molar-refractivity contribution >= 4 is 23.4 Å². The topological polar surface area (TPSA) is 135 Å². The maximum absolute atomic E-state index is 12.5. The summed E-state index contributed by atoms with van der Waals surface area (Å²) in [6, 6.07) is 10.7. The average molecular weight is 399 g/mol. The third-order valence-corrected chi connectivity index (χ3v) is 5.18. The Morgan fingerprint density at radius 1 is 1.43 bits per heavy atom. The average Bonchev–Trinajstić information content (AvgIpc) is 3.18. The summed E-state index contributed by atoms with van der Waals surface area (Å²) in [4.78, 5) is 28.0. The predicted octanol–water partition coefficient (Wildman–Crippen LogP) is 2.08. The van der Waals surface area contributed by atoms with E-state index in [9.17, 15) is 14.9 Å². The van der Waals surface area contributed by atoms with Crippen molar-refractivity contribution in [3.8, 4) is 17.7 Å². The summed E-state index contributed by atoms with van der Waals surface area (Å²) in [7, 11) is 0. The van der Waals surface area contributed by atoms with Gasteiger partial charge in [0.05, 0.1) is 22.9 Å². The quantitative estimate of drug-likeness (QED) is 0.576. The third kappa shape index (κ3) is 4.57. The van der Waals surface area contributed by atoms with Gasteiger partial charge in [-0.05, 0) is 24.1 Å². The smallest absolute Gasteiger partial charge is 0.287 e. The Hall–Kier alpha value is -3.16. The number of carbonyl (C=O) groups is 1. The van der Waals surface area contributed by atoms with Gasteiger partial charge < -0.3 is 15.4 Å². The Morgan fingerprint density at radius 2 is 2.18 bits per heavy atom. The number of nitro groups is 1. The molecule has 2 atom stereocenters. The minimum Gasteiger partial charge on any atom is -0.439 e. The normalized spacial score (nSPS) is 17.0. The maximum Gasteiger partial charge on any atom is 0.287 e. The molecule has 1 aliphatic heterocycles. The fourth-order valence-electron chi connectivity index (χ4n) is 2.68. The fraction of sp³-hybridized carbons (Fsp3) is 0.278. The van der Waals surface area contributed by atoms with E-state index in [-0.39, 0.29) is 17.5 Å². The summed E-state index contributed by atoms with van der Waals surface area (Å²) in [6.45, 7) is 0. The monoisotopic (exact) mass is 399 g/mol. The van der Waals surface area contributed by atoms with E-state index in [4.69, 9.17) is 15.7 Å².